The maximum Gasteiger partial charge on any atom is 0.0460 e. The molecule has 1 aliphatic heterocycles. The van der Waals surface area contributed by atoms with Crippen LogP contribution in [0, 0.1) is 5.92 Å². The minimum atomic E-state index is 0.366. The van der Waals surface area contributed by atoms with E-state index in [4.69, 9.17) is 10.8 Å². The van der Waals surface area contributed by atoms with Crippen molar-refractivity contribution in [2.45, 2.75) is 19.3 Å². The van der Waals surface area contributed by atoms with E-state index in [2.05, 4.69) is 4.90 Å². The first-order chi connectivity index (χ1) is 5.86. The summed E-state index contributed by atoms with van der Waals surface area (Å²) >= 11 is 0. The molecule has 12 heavy (non-hydrogen) atoms. The molecule has 0 amide bonds. The fraction of sp³-hybridized carbons (Fsp3) is 1.00. The Morgan fingerprint density at radius 1 is 1.33 bits per heavy atom. The molecule has 0 atom stereocenters. The van der Waals surface area contributed by atoms with E-state index in [0.717, 1.165) is 45.4 Å². The largest absolute Gasteiger partial charge is 0.396 e. The molecular formula is C9H20N2O. The Hall–Kier alpha value is -0.120. The fourth-order valence-corrected chi connectivity index (χ4v) is 1.71. The third kappa shape index (κ3) is 3.09. The average Bonchev–Trinajstić information content (AvgIpc) is 2.15. The Labute approximate surface area is 74.5 Å². The smallest absolute Gasteiger partial charge is 0.0460 e. The second kappa shape index (κ2) is 5.51. The van der Waals surface area contributed by atoms with E-state index in [1.54, 1.807) is 0 Å². The summed E-state index contributed by atoms with van der Waals surface area (Å²) in [5, 5.41) is 8.91. The molecule has 0 aliphatic carbocycles. The average molecular weight is 172 g/mol. The van der Waals surface area contributed by atoms with Gasteiger partial charge in [-0.3, -0.25) is 0 Å². The molecule has 0 unspecified atom stereocenters. The van der Waals surface area contributed by atoms with E-state index in [0.29, 0.717) is 12.5 Å². The second-order valence-corrected chi connectivity index (χ2v) is 3.61. The summed E-state index contributed by atoms with van der Waals surface area (Å²) in [5.74, 6) is 0.555. The molecule has 0 aromatic carbocycles. The number of aliphatic hydroxyl groups is 1. The van der Waals surface area contributed by atoms with Gasteiger partial charge in [0.25, 0.3) is 0 Å². The number of piperidine rings is 1. The van der Waals surface area contributed by atoms with Crippen molar-refractivity contribution < 1.29 is 5.11 Å². The van der Waals surface area contributed by atoms with E-state index in [9.17, 15) is 0 Å². The van der Waals surface area contributed by atoms with Crippen LogP contribution in [0.1, 0.15) is 19.3 Å². The molecule has 1 saturated heterocycles. The zero-order valence-electron chi connectivity index (χ0n) is 7.71. The maximum absolute atomic E-state index is 8.91. The maximum atomic E-state index is 8.91. The summed E-state index contributed by atoms with van der Waals surface area (Å²) < 4.78 is 0. The third-order valence-electron chi connectivity index (χ3n) is 2.64. The molecule has 3 heteroatoms. The Kier molecular flexibility index (Phi) is 4.58. The molecule has 3 N–H and O–H groups in total. The van der Waals surface area contributed by atoms with Crippen LogP contribution < -0.4 is 5.73 Å². The number of hydrogen-bond donors (Lipinski definition) is 2. The van der Waals surface area contributed by atoms with Gasteiger partial charge in [0.2, 0.25) is 0 Å². The predicted octanol–water partition coefficient (Wildman–Crippen LogP) is 0.0395. The Bertz CT molecular complexity index is 111. The molecule has 0 aromatic rings. The van der Waals surface area contributed by atoms with Crippen LogP contribution in [-0.4, -0.2) is 42.8 Å². The topological polar surface area (TPSA) is 49.5 Å². The highest BCUT2D eigenvalue weighted by Gasteiger charge is 2.17. The lowest BCUT2D eigenvalue weighted by Crippen LogP contribution is -2.35. The summed E-state index contributed by atoms with van der Waals surface area (Å²) in [6.07, 6.45) is 3.41. The molecule has 0 spiro atoms. The van der Waals surface area contributed by atoms with Crippen molar-refractivity contribution in [3.63, 3.8) is 0 Å². The summed E-state index contributed by atoms with van der Waals surface area (Å²) in [4.78, 5) is 2.44. The van der Waals surface area contributed by atoms with Crippen molar-refractivity contribution in [2.75, 3.05) is 32.8 Å². The van der Waals surface area contributed by atoms with Crippen LogP contribution in [-0.2, 0) is 0 Å². The third-order valence-corrected chi connectivity index (χ3v) is 2.64. The first-order valence-corrected chi connectivity index (χ1v) is 4.90. The molecule has 1 aliphatic rings. The van der Waals surface area contributed by atoms with Crippen LogP contribution in [0.25, 0.3) is 0 Å². The zero-order valence-corrected chi connectivity index (χ0v) is 7.71. The van der Waals surface area contributed by atoms with Gasteiger partial charge in [-0.25, -0.2) is 0 Å². The molecule has 0 saturated carbocycles. The molecule has 1 fully saturated rings. The highest BCUT2D eigenvalue weighted by atomic mass is 16.3. The van der Waals surface area contributed by atoms with Gasteiger partial charge in [-0.2, -0.15) is 0 Å². The summed E-state index contributed by atoms with van der Waals surface area (Å²) in [6, 6.07) is 0. The van der Waals surface area contributed by atoms with E-state index in [-0.39, 0.29) is 0 Å². The van der Waals surface area contributed by atoms with E-state index in [1.807, 2.05) is 0 Å². The van der Waals surface area contributed by atoms with Crippen molar-refractivity contribution in [3.05, 3.63) is 0 Å². The monoisotopic (exact) mass is 172 g/mol. The van der Waals surface area contributed by atoms with Gasteiger partial charge in [-0.1, -0.05) is 0 Å². The van der Waals surface area contributed by atoms with Crippen molar-refractivity contribution in [1.29, 1.82) is 0 Å². The van der Waals surface area contributed by atoms with Gasteiger partial charge in [0.1, 0.15) is 0 Å². The Morgan fingerprint density at radius 2 is 2.00 bits per heavy atom. The molecule has 0 bridgehead atoms. The number of nitrogens with zero attached hydrogens (tertiary/aromatic N) is 1. The zero-order chi connectivity index (χ0) is 8.81. The lowest BCUT2D eigenvalue weighted by atomic mass is 9.98. The number of nitrogens with two attached hydrogens (primary N) is 1. The standard InChI is InChI=1S/C9H20N2O/c10-4-1-5-11-6-2-9(8-12)3-7-11/h9,12H,1-8,10H2. The first-order valence-electron chi connectivity index (χ1n) is 4.90. The normalized spacial score (nSPS) is 21.5. The molecule has 1 rings (SSSR count). The van der Waals surface area contributed by atoms with Crippen LogP contribution in [0.2, 0.25) is 0 Å². The van der Waals surface area contributed by atoms with E-state index in [1.165, 1.54) is 0 Å². The highest BCUT2D eigenvalue weighted by molar-refractivity contribution is 4.71. The number of rotatable bonds is 4. The Morgan fingerprint density at radius 3 is 2.50 bits per heavy atom. The van der Waals surface area contributed by atoms with Crippen LogP contribution in [0.5, 0.6) is 0 Å². The van der Waals surface area contributed by atoms with Crippen LogP contribution >= 0.6 is 0 Å². The molecule has 3 nitrogen and oxygen atoms in total. The van der Waals surface area contributed by atoms with E-state index >= 15 is 0 Å². The summed E-state index contributed by atoms with van der Waals surface area (Å²) in [5.41, 5.74) is 5.43. The Balaban J connectivity index is 2.09. The SMILES string of the molecule is NCCCN1CCC(CO)CC1. The van der Waals surface area contributed by atoms with Gasteiger partial charge < -0.3 is 15.7 Å². The van der Waals surface area contributed by atoms with Crippen molar-refractivity contribution in [3.8, 4) is 0 Å². The molecular weight excluding hydrogens is 152 g/mol. The van der Waals surface area contributed by atoms with Gasteiger partial charge in [0.15, 0.2) is 0 Å². The molecule has 72 valence electrons. The minimum absolute atomic E-state index is 0.366. The lowest BCUT2D eigenvalue weighted by molar-refractivity contribution is 0.131. The molecule has 0 radical (unpaired) electrons. The van der Waals surface area contributed by atoms with Crippen molar-refractivity contribution >= 4 is 0 Å². The van der Waals surface area contributed by atoms with Crippen LogP contribution in [0.3, 0.4) is 0 Å². The number of hydrogen-bond acceptors (Lipinski definition) is 3. The van der Waals surface area contributed by atoms with Gasteiger partial charge in [-0.05, 0) is 51.4 Å². The number of likely N-dealkylation sites (tertiary alicyclic amines) is 1. The lowest BCUT2D eigenvalue weighted by Gasteiger charge is -2.30. The van der Waals surface area contributed by atoms with Gasteiger partial charge in [0, 0.05) is 6.61 Å². The van der Waals surface area contributed by atoms with Gasteiger partial charge in [-0.15, -0.1) is 0 Å². The van der Waals surface area contributed by atoms with Crippen molar-refractivity contribution in [1.82, 2.24) is 4.90 Å². The molecule has 0 aromatic heterocycles. The highest BCUT2D eigenvalue weighted by Crippen LogP contribution is 2.15. The van der Waals surface area contributed by atoms with Crippen LogP contribution in [0.4, 0.5) is 0 Å². The molecule has 1 heterocycles. The number of aliphatic hydroxyl groups excluding tert-OH is 1. The summed E-state index contributed by atoms with van der Waals surface area (Å²) in [6.45, 7) is 4.58. The van der Waals surface area contributed by atoms with Crippen LogP contribution in [0.15, 0.2) is 0 Å². The first kappa shape index (κ1) is 9.96. The summed E-state index contributed by atoms with van der Waals surface area (Å²) in [7, 11) is 0. The van der Waals surface area contributed by atoms with Crippen molar-refractivity contribution in [2.24, 2.45) is 11.7 Å². The predicted molar refractivity (Wildman–Crippen MR) is 49.9 cm³/mol. The van der Waals surface area contributed by atoms with Gasteiger partial charge in [0.05, 0.1) is 0 Å². The second-order valence-electron chi connectivity index (χ2n) is 3.61. The van der Waals surface area contributed by atoms with Gasteiger partial charge >= 0.3 is 0 Å². The van der Waals surface area contributed by atoms with E-state index < -0.39 is 0 Å². The minimum Gasteiger partial charge on any atom is -0.396 e. The quantitative estimate of drug-likeness (QED) is 0.629. The fourth-order valence-electron chi connectivity index (χ4n) is 1.71.